The molecule has 0 bridgehead atoms. The van der Waals surface area contributed by atoms with Gasteiger partial charge in [0, 0.05) is 51.1 Å². The third-order valence-corrected chi connectivity index (χ3v) is 6.45. The molecule has 8 nitrogen and oxygen atoms in total. The number of carbonyl (C=O) groups is 1. The van der Waals surface area contributed by atoms with Gasteiger partial charge in [0.1, 0.15) is 18.5 Å². The molecule has 1 N–H and O–H groups in total. The van der Waals surface area contributed by atoms with Gasteiger partial charge >= 0.3 is 0 Å². The Labute approximate surface area is 210 Å². The summed E-state index contributed by atoms with van der Waals surface area (Å²) >= 11 is 0. The van der Waals surface area contributed by atoms with E-state index in [1.165, 1.54) is 12.1 Å². The molecule has 8 heteroatoms. The Morgan fingerprint density at radius 1 is 0.917 bits per heavy atom. The van der Waals surface area contributed by atoms with Crippen LogP contribution in [0.4, 0.5) is 5.69 Å². The first-order valence-corrected chi connectivity index (χ1v) is 12.1. The summed E-state index contributed by atoms with van der Waals surface area (Å²) in [5.74, 6) is 0.484. The van der Waals surface area contributed by atoms with E-state index in [1.54, 1.807) is 12.1 Å². The maximum Gasteiger partial charge on any atom is 0.273 e. The number of ether oxygens (including phenoxy) is 1. The van der Waals surface area contributed by atoms with Gasteiger partial charge in [-0.05, 0) is 17.2 Å². The second-order valence-electron chi connectivity index (χ2n) is 8.98. The van der Waals surface area contributed by atoms with E-state index in [9.17, 15) is 20.0 Å². The van der Waals surface area contributed by atoms with Gasteiger partial charge in [0.15, 0.2) is 0 Å². The zero-order valence-electron chi connectivity index (χ0n) is 20.1. The molecule has 1 heterocycles. The molecule has 0 spiro atoms. The summed E-state index contributed by atoms with van der Waals surface area (Å²) in [5.41, 5.74) is 2.20. The lowest BCUT2D eigenvalue weighted by molar-refractivity contribution is -0.384. The third-order valence-electron chi connectivity index (χ3n) is 6.45. The molecule has 3 aromatic carbocycles. The molecule has 1 fully saturated rings. The number of nitro benzene ring substituents is 1. The number of β-amino-alcohol motifs (C(OH)–C–C–N with tert-alkyl or cyclic N) is 1. The van der Waals surface area contributed by atoms with Crippen LogP contribution in [0.3, 0.4) is 0 Å². The SMILES string of the molecule is O=C(CC(c1ccccc1)c1ccccc1)N1CCN(CC(O)COc2cccc([N+](=O)[O-])c2)CC1. The fourth-order valence-corrected chi connectivity index (χ4v) is 4.51. The van der Waals surface area contributed by atoms with Crippen LogP contribution in [0, 0.1) is 10.1 Å². The second kappa shape index (κ2) is 12.3. The van der Waals surface area contributed by atoms with Crippen LogP contribution in [-0.2, 0) is 4.79 Å². The van der Waals surface area contributed by atoms with Gasteiger partial charge < -0.3 is 14.7 Å². The first-order chi connectivity index (χ1) is 17.5. The van der Waals surface area contributed by atoms with E-state index >= 15 is 0 Å². The number of nitro groups is 1. The highest BCUT2D eigenvalue weighted by Gasteiger charge is 2.26. The van der Waals surface area contributed by atoms with Crippen LogP contribution in [0.2, 0.25) is 0 Å². The zero-order valence-corrected chi connectivity index (χ0v) is 20.1. The minimum atomic E-state index is -0.743. The minimum absolute atomic E-state index is 0.00529. The molecule has 0 radical (unpaired) electrons. The Morgan fingerprint density at radius 2 is 1.53 bits per heavy atom. The number of piperazine rings is 1. The van der Waals surface area contributed by atoms with Gasteiger partial charge in [-0.1, -0.05) is 66.7 Å². The van der Waals surface area contributed by atoms with E-state index in [2.05, 4.69) is 29.2 Å². The van der Waals surface area contributed by atoms with Crippen molar-refractivity contribution in [3.8, 4) is 5.75 Å². The Kier molecular flexibility index (Phi) is 8.65. The van der Waals surface area contributed by atoms with E-state index < -0.39 is 11.0 Å². The van der Waals surface area contributed by atoms with Crippen LogP contribution in [0.25, 0.3) is 0 Å². The fraction of sp³-hybridized carbons (Fsp3) is 0.321. The summed E-state index contributed by atoms with van der Waals surface area (Å²) in [6.45, 7) is 2.99. The van der Waals surface area contributed by atoms with Crippen molar-refractivity contribution < 1.29 is 19.6 Å². The summed E-state index contributed by atoms with van der Waals surface area (Å²) in [7, 11) is 0. The van der Waals surface area contributed by atoms with Gasteiger partial charge in [-0.3, -0.25) is 19.8 Å². The van der Waals surface area contributed by atoms with Crippen molar-refractivity contribution in [3.63, 3.8) is 0 Å². The largest absolute Gasteiger partial charge is 0.491 e. The topological polar surface area (TPSA) is 96.2 Å². The Hall–Kier alpha value is -3.75. The van der Waals surface area contributed by atoms with Gasteiger partial charge in [0.05, 0.1) is 11.0 Å². The average Bonchev–Trinajstić information content (AvgIpc) is 2.92. The molecule has 1 saturated heterocycles. The van der Waals surface area contributed by atoms with Gasteiger partial charge in [-0.2, -0.15) is 0 Å². The van der Waals surface area contributed by atoms with E-state index in [1.807, 2.05) is 41.3 Å². The second-order valence-corrected chi connectivity index (χ2v) is 8.98. The van der Waals surface area contributed by atoms with Crippen molar-refractivity contribution in [1.29, 1.82) is 0 Å². The van der Waals surface area contributed by atoms with Crippen molar-refractivity contribution in [3.05, 3.63) is 106 Å². The average molecular weight is 490 g/mol. The van der Waals surface area contributed by atoms with E-state index in [4.69, 9.17) is 4.74 Å². The van der Waals surface area contributed by atoms with Crippen LogP contribution in [0.15, 0.2) is 84.9 Å². The van der Waals surface area contributed by atoms with Crippen molar-refractivity contribution in [2.24, 2.45) is 0 Å². The molecule has 0 aliphatic carbocycles. The standard InChI is InChI=1S/C28H31N3O5/c32-25(21-36-26-13-7-12-24(18-26)31(34)35)20-29-14-16-30(17-15-29)28(33)19-27(22-8-3-1-4-9-22)23-10-5-2-6-11-23/h1-13,18,25,27,32H,14-17,19-21H2. The monoisotopic (exact) mass is 489 g/mol. The fourth-order valence-electron chi connectivity index (χ4n) is 4.51. The van der Waals surface area contributed by atoms with Crippen LogP contribution in [0.1, 0.15) is 23.5 Å². The molecule has 1 amide bonds. The normalized spacial score (nSPS) is 15.0. The lowest BCUT2D eigenvalue weighted by Gasteiger charge is -2.36. The molecule has 1 atom stereocenters. The van der Waals surface area contributed by atoms with E-state index in [0.717, 1.165) is 11.1 Å². The third kappa shape index (κ3) is 6.90. The molecule has 1 unspecified atom stereocenters. The number of hydrogen-bond donors (Lipinski definition) is 1. The van der Waals surface area contributed by atoms with Crippen LogP contribution >= 0.6 is 0 Å². The van der Waals surface area contributed by atoms with E-state index in [-0.39, 0.29) is 24.1 Å². The molecular formula is C28H31N3O5. The summed E-state index contributed by atoms with van der Waals surface area (Å²) < 4.78 is 5.54. The molecule has 0 saturated carbocycles. The molecule has 1 aliphatic rings. The van der Waals surface area contributed by atoms with Crippen molar-refractivity contribution in [2.45, 2.75) is 18.4 Å². The van der Waals surface area contributed by atoms with Crippen molar-refractivity contribution in [2.75, 3.05) is 39.3 Å². The molecule has 3 aromatic rings. The number of carbonyl (C=O) groups excluding carboxylic acids is 1. The van der Waals surface area contributed by atoms with Crippen LogP contribution in [0.5, 0.6) is 5.75 Å². The number of aliphatic hydroxyl groups excluding tert-OH is 1. The van der Waals surface area contributed by atoms with Gasteiger partial charge in [0.2, 0.25) is 5.91 Å². The lowest BCUT2D eigenvalue weighted by Crippen LogP contribution is -2.51. The number of non-ortho nitro benzene ring substituents is 1. The smallest absolute Gasteiger partial charge is 0.273 e. The lowest BCUT2D eigenvalue weighted by atomic mass is 9.88. The number of amides is 1. The highest BCUT2D eigenvalue weighted by Crippen LogP contribution is 2.29. The maximum atomic E-state index is 13.2. The molecule has 188 valence electrons. The number of aliphatic hydroxyl groups is 1. The Morgan fingerprint density at radius 3 is 2.11 bits per heavy atom. The number of rotatable bonds is 10. The number of benzene rings is 3. The predicted molar refractivity (Wildman–Crippen MR) is 137 cm³/mol. The minimum Gasteiger partial charge on any atom is -0.491 e. The first kappa shape index (κ1) is 25.3. The molecular weight excluding hydrogens is 458 g/mol. The van der Waals surface area contributed by atoms with Crippen molar-refractivity contribution >= 4 is 11.6 Å². The number of hydrogen-bond acceptors (Lipinski definition) is 6. The van der Waals surface area contributed by atoms with Gasteiger partial charge in [0.25, 0.3) is 5.69 Å². The first-order valence-electron chi connectivity index (χ1n) is 12.1. The molecule has 0 aromatic heterocycles. The van der Waals surface area contributed by atoms with E-state index in [0.29, 0.717) is 44.9 Å². The quantitative estimate of drug-likeness (QED) is 0.345. The van der Waals surface area contributed by atoms with Gasteiger partial charge in [-0.15, -0.1) is 0 Å². The predicted octanol–water partition coefficient (Wildman–Crippen LogP) is 3.70. The highest BCUT2D eigenvalue weighted by molar-refractivity contribution is 5.78. The van der Waals surface area contributed by atoms with Crippen LogP contribution in [-0.4, -0.2) is 71.2 Å². The Balaban J connectivity index is 1.26. The molecule has 1 aliphatic heterocycles. The highest BCUT2D eigenvalue weighted by atomic mass is 16.6. The van der Waals surface area contributed by atoms with Gasteiger partial charge in [-0.25, -0.2) is 0 Å². The summed E-state index contributed by atoms with van der Waals surface area (Å²) in [6, 6.07) is 26.2. The van der Waals surface area contributed by atoms with Crippen LogP contribution < -0.4 is 4.74 Å². The summed E-state index contributed by atoms with van der Waals surface area (Å²) in [4.78, 5) is 27.6. The summed E-state index contributed by atoms with van der Waals surface area (Å²) in [5, 5.41) is 21.3. The summed E-state index contributed by atoms with van der Waals surface area (Å²) in [6.07, 6.45) is -0.333. The molecule has 36 heavy (non-hydrogen) atoms. The Bertz CT molecular complexity index is 1090. The maximum absolute atomic E-state index is 13.2. The number of nitrogens with zero attached hydrogens (tertiary/aromatic N) is 3. The zero-order chi connectivity index (χ0) is 25.3. The molecule has 4 rings (SSSR count). The van der Waals surface area contributed by atoms with Crippen molar-refractivity contribution in [1.82, 2.24) is 9.80 Å².